The molecular formula is C10H19FO2. The van der Waals surface area contributed by atoms with Gasteiger partial charge in [-0.1, -0.05) is 31.9 Å². The Morgan fingerprint density at radius 2 is 2.08 bits per heavy atom. The van der Waals surface area contributed by atoms with Gasteiger partial charge in [0, 0.05) is 0 Å². The molecule has 0 amide bonds. The predicted octanol–water partition coefficient (Wildman–Crippen LogP) is 1.81. The quantitative estimate of drug-likeness (QED) is 0.475. The first kappa shape index (κ1) is 12.6. The summed E-state index contributed by atoms with van der Waals surface area (Å²) in [4.78, 5) is 0. The molecule has 0 saturated heterocycles. The van der Waals surface area contributed by atoms with Gasteiger partial charge >= 0.3 is 0 Å². The first-order chi connectivity index (χ1) is 6.22. The van der Waals surface area contributed by atoms with E-state index in [9.17, 15) is 4.39 Å². The van der Waals surface area contributed by atoms with Gasteiger partial charge in [-0.2, -0.15) is 0 Å². The van der Waals surface area contributed by atoms with Crippen molar-refractivity contribution in [2.75, 3.05) is 6.61 Å². The molecule has 0 aliphatic carbocycles. The van der Waals surface area contributed by atoms with E-state index in [0.717, 1.165) is 25.7 Å². The Kier molecular flexibility index (Phi) is 7.94. The van der Waals surface area contributed by atoms with Gasteiger partial charge in [-0.25, -0.2) is 4.39 Å². The fraction of sp³-hybridized carbons (Fsp3) is 0.800. The first-order valence-electron chi connectivity index (χ1n) is 4.82. The van der Waals surface area contributed by atoms with Crippen LogP contribution in [0.5, 0.6) is 0 Å². The van der Waals surface area contributed by atoms with Crippen LogP contribution in [0.3, 0.4) is 0 Å². The molecule has 0 heterocycles. The molecule has 0 fully saturated rings. The van der Waals surface area contributed by atoms with Crippen LogP contribution in [0.25, 0.3) is 0 Å². The highest BCUT2D eigenvalue weighted by Crippen LogP contribution is 2.04. The molecule has 0 aliphatic heterocycles. The Bertz CT molecular complexity index is 137. The van der Waals surface area contributed by atoms with Crippen LogP contribution in [0, 0.1) is 0 Å². The molecule has 13 heavy (non-hydrogen) atoms. The topological polar surface area (TPSA) is 40.5 Å². The van der Waals surface area contributed by atoms with Crippen LogP contribution < -0.4 is 0 Å². The molecule has 0 saturated carbocycles. The Labute approximate surface area is 79.1 Å². The highest BCUT2D eigenvalue weighted by molar-refractivity contribution is 4.92. The molecule has 0 aromatic rings. The first-order valence-corrected chi connectivity index (χ1v) is 4.82. The van der Waals surface area contributed by atoms with Crippen LogP contribution in [0.1, 0.15) is 32.6 Å². The van der Waals surface area contributed by atoms with Crippen molar-refractivity contribution in [2.45, 2.75) is 44.9 Å². The number of aliphatic hydroxyl groups excluding tert-OH is 2. The van der Waals surface area contributed by atoms with Gasteiger partial charge in [0.15, 0.2) is 0 Å². The fourth-order valence-electron chi connectivity index (χ4n) is 0.967. The Hall–Kier alpha value is -0.410. The standard InChI is InChI=1S/C10H19FO2/c1-2-3-4-5-6-7-9(11)10(13)8-12/h6-7,9-10,12-13H,2-5,8H2,1H3/b7-6-/t9?,10-/m0/s1. The molecule has 0 radical (unpaired) electrons. The van der Waals surface area contributed by atoms with E-state index in [2.05, 4.69) is 6.92 Å². The van der Waals surface area contributed by atoms with E-state index in [1.54, 1.807) is 6.08 Å². The predicted molar refractivity (Wildman–Crippen MR) is 51.3 cm³/mol. The second-order valence-corrected chi connectivity index (χ2v) is 3.12. The summed E-state index contributed by atoms with van der Waals surface area (Å²) in [6.07, 6.45) is 4.50. The van der Waals surface area contributed by atoms with Crippen molar-refractivity contribution in [1.82, 2.24) is 0 Å². The van der Waals surface area contributed by atoms with Crippen LogP contribution in [0.4, 0.5) is 4.39 Å². The van der Waals surface area contributed by atoms with Crippen molar-refractivity contribution in [3.63, 3.8) is 0 Å². The van der Waals surface area contributed by atoms with E-state index in [1.807, 2.05) is 0 Å². The van der Waals surface area contributed by atoms with Crippen LogP contribution in [-0.4, -0.2) is 29.1 Å². The second kappa shape index (κ2) is 8.20. The molecule has 1 unspecified atom stereocenters. The molecule has 0 rings (SSSR count). The van der Waals surface area contributed by atoms with Crippen molar-refractivity contribution in [1.29, 1.82) is 0 Å². The minimum atomic E-state index is -1.44. The third kappa shape index (κ3) is 6.72. The molecular weight excluding hydrogens is 171 g/mol. The zero-order chi connectivity index (χ0) is 10.1. The smallest absolute Gasteiger partial charge is 0.146 e. The van der Waals surface area contributed by atoms with E-state index >= 15 is 0 Å². The van der Waals surface area contributed by atoms with Crippen molar-refractivity contribution < 1.29 is 14.6 Å². The Balaban J connectivity index is 3.47. The van der Waals surface area contributed by atoms with Gasteiger partial charge in [-0.15, -0.1) is 0 Å². The van der Waals surface area contributed by atoms with E-state index in [4.69, 9.17) is 10.2 Å². The van der Waals surface area contributed by atoms with Gasteiger partial charge < -0.3 is 10.2 Å². The van der Waals surface area contributed by atoms with Gasteiger partial charge in [0.05, 0.1) is 6.61 Å². The van der Waals surface area contributed by atoms with E-state index < -0.39 is 18.9 Å². The zero-order valence-electron chi connectivity index (χ0n) is 8.12. The van der Waals surface area contributed by atoms with Gasteiger partial charge in [0.1, 0.15) is 12.3 Å². The maximum Gasteiger partial charge on any atom is 0.146 e. The van der Waals surface area contributed by atoms with Crippen molar-refractivity contribution >= 4 is 0 Å². The summed E-state index contributed by atoms with van der Waals surface area (Å²) in [5.74, 6) is 0. The van der Waals surface area contributed by atoms with Crippen LogP contribution >= 0.6 is 0 Å². The van der Waals surface area contributed by atoms with E-state index in [1.165, 1.54) is 6.08 Å². The number of allylic oxidation sites excluding steroid dienone is 1. The minimum Gasteiger partial charge on any atom is -0.394 e. The summed E-state index contributed by atoms with van der Waals surface area (Å²) in [5.41, 5.74) is 0. The van der Waals surface area contributed by atoms with Crippen molar-refractivity contribution in [3.8, 4) is 0 Å². The third-order valence-corrected chi connectivity index (χ3v) is 1.85. The molecule has 78 valence electrons. The fourth-order valence-corrected chi connectivity index (χ4v) is 0.967. The van der Waals surface area contributed by atoms with Gasteiger partial charge in [0.25, 0.3) is 0 Å². The highest BCUT2D eigenvalue weighted by atomic mass is 19.1. The van der Waals surface area contributed by atoms with Gasteiger partial charge in [0.2, 0.25) is 0 Å². The summed E-state index contributed by atoms with van der Waals surface area (Å²) in [5, 5.41) is 17.3. The molecule has 0 spiro atoms. The monoisotopic (exact) mass is 190 g/mol. The number of rotatable bonds is 7. The number of hydrogen-bond donors (Lipinski definition) is 2. The van der Waals surface area contributed by atoms with E-state index in [-0.39, 0.29) is 0 Å². The number of aliphatic hydroxyl groups is 2. The van der Waals surface area contributed by atoms with Crippen LogP contribution in [-0.2, 0) is 0 Å². The zero-order valence-corrected chi connectivity index (χ0v) is 8.12. The van der Waals surface area contributed by atoms with Crippen molar-refractivity contribution in [3.05, 3.63) is 12.2 Å². The lowest BCUT2D eigenvalue weighted by Crippen LogP contribution is -2.23. The van der Waals surface area contributed by atoms with E-state index in [0.29, 0.717) is 0 Å². The number of unbranched alkanes of at least 4 members (excludes halogenated alkanes) is 3. The molecule has 3 heteroatoms. The van der Waals surface area contributed by atoms with Gasteiger partial charge in [-0.05, 0) is 12.8 Å². The Morgan fingerprint density at radius 1 is 1.38 bits per heavy atom. The summed E-state index contributed by atoms with van der Waals surface area (Å²) < 4.78 is 12.8. The molecule has 0 aromatic carbocycles. The van der Waals surface area contributed by atoms with Crippen LogP contribution in [0.15, 0.2) is 12.2 Å². The lowest BCUT2D eigenvalue weighted by molar-refractivity contribution is 0.0469. The van der Waals surface area contributed by atoms with Crippen LogP contribution in [0.2, 0.25) is 0 Å². The normalized spacial score (nSPS) is 16.3. The summed E-state index contributed by atoms with van der Waals surface area (Å²) in [7, 11) is 0. The lowest BCUT2D eigenvalue weighted by atomic mass is 10.1. The molecule has 0 bridgehead atoms. The largest absolute Gasteiger partial charge is 0.394 e. The molecule has 2 N–H and O–H groups in total. The SMILES string of the molecule is CCCCC/C=C\C(F)[C@@H](O)CO. The molecule has 2 nitrogen and oxygen atoms in total. The lowest BCUT2D eigenvalue weighted by Gasteiger charge is -2.07. The number of halogens is 1. The average molecular weight is 190 g/mol. The third-order valence-electron chi connectivity index (χ3n) is 1.85. The van der Waals surface area contributed by atoms with Gasteiger partial charge in [-0.3, -0.25) is 0 Å². The number of hydrogen-bond acceptors (Lipinski definition) is 2. The van der Waals surface area contributed by atoms with Crippen molar-refractivity contribution in [2.24, 2.45) is 0 Å². The summed E-state index contributed by atoms with van der Waals surface area (Å²) >= 11 is 0. The molecule has 0 aliphatic rings. The molecule has 2 atom stereocenters. The average Bonchev–Trinajstić information content (AvgIpc) is 2.16. The number of alkyl halides is 1. The summed E-state index contributed by atoms with van der Waals surface area (Å²) in [6.45, 7) is 1.58. The highest BCUT2D eigenvalue weighted by Gasteiger charge is 2.12. The second-order valence-electron chi connectivity index (χ2n) is 3.12. The molecule has 0 aromatic heterocycles. The Morgan fingerprint density at radius 3 is 2.62 bits per heavy atom. The maximum absolute atomic E-state index is 12.8. The maximum atomic E-state index is 12.8. The minimum absolute atomic E-state index is 0.527. The summed E-state index contributed by atoms with van der Waals surface area (Å²) in [6, 6.07) is 0.